The Morgan fingerprint density at radius 2 is 1.94 bits per heavy atom. The minimum Gasteiger partial charge on any atom is -0.497 e. The van der Waals surface area contributed by atoms with E-state index in [1.54, 1.807) is 49.7 Å². The second-order valence-electron chi connectivity index (χ2n) is 7.36. The van der Waals surface area contributed by atoms with Gasteiger partial charge in [-0.25, -0.2) is 4.98 Å². The molecule has 0 radical (unpaired) electrons. The van der Waals surface area contributed by atoms with Crippen molar-refractivity contribution in [3.63, 3.8) is 0 Å². The third-order valence-electron chi connectivity index (χ3n) is 5.38. The SMILES string of the molecule is COc1cccc(C2c3c(oc4ccc(Cl)cc4c3=O)C(=O)N2c2ccc(C)cn2)c1. The summed E-state index contributed by atoms with van der Waals surface area (Å²) < 4.78 is 11.3. The lowest BCUT2D eigenvalue weighted by atomic mass is 9.98. The monoisotopic (exact) mass is 432 g/mol. The number of halogens is 1. The topological polar surface area (TPSA) is 72.6 Å². The molecule has 31 heavy (non-hydrogen) atoms. The summed E-state index contributed by atoms with van der Waals surface area (Å²) in [6.45, 7) is 1.92. The first kappa shape index (κ1) is 19.3. The van der Waals surface area contributed by atoms with Crippen molar-refractivity contribution in [2.45, 2.75) is 13.0 Å². The highest BCUT2D eigenvalue weighted by atomic mass is 35.5. The predicted molar refractivity (Wildman–Crippen MR) is 118 cm³/mol. The zero-order valence-electron chi connectivity index (χ0n) is 16.8. The standard InChI is InChI=1S/C24H17ClN2O4/c1-13-6-9-19(26-12-13)27-21(14-4-3-5-16(10-14)30-2)20-22(28)17-11-15(25)7-8-18(17)31-23(20)24(27)29/h3-12,21H,1-2H3. The lowest BCUT2D eigenvalue weighted by Gasteiger charge is -2.24. The van der Waals surface area contributed by atoms with Gasteiger partial charge in [0.2, 0.25) is 5.76 Å². The molecule has 0 fully saturated rings. The van der Waals surface area contributed by atoms with E-state index >= 15 is 0 Å². The zero-order chi connectivity index (χ0) is 21.7. The quantitative estimate of drug-likeness (QED) is 0.460. The number of hydrogen-bond donors (Lipinski definition) is 0. The summed E-state index contributed by atoms with van der Waals surface area (Å²) in [7, 11) is 1.57. The summed E-state index contributed by atoms with van der Waals surface area (Å²) in [5.74, 6) is 0.628. The van der Waals surface area contributed by atoms with Crippen LogP contribution in [0, 0.1) is 6.92 Å². The smallest absolute Gasteiger partial charge is 0.296 e. The number of carbonyl (C=O) groups is 1. The molecule has 154 valence electrons. The first-order valence-corrected chi connectivity index (χ1v) is 10.0. The van der Waals surface area contributed by atoms with Crippen LogP contribution in [0.15, 0.2) is 70.0 Å². The molecule has 0 N–H and O–H groups in total. The van der Waals surface area contributed by atoms with Crippen LogP contribution in [0.3, 0.4) is 0 Å². The highest BCUT2D eigenvalue weighted by Gasteiger charge is 2.44. The van der Waals surface area contributed by atoms with Crippen molar-refractivity contribution in [2.75, 3.05) is 12.0 Å². The molecule has 0 spiro atoms. The number of ether oxygens (including phenoxy) is 1. The maximum absolute atomic E-state index is 13.5. The van der Waals surface area contributed by atoms with E-state index in [1.807, 2.05) is 25.1 Å². The first-order chi connectivity index (χ1) is 15.0. The van der Waals surface area contributed by atoms with Crippen LogP contribution < -0.4 is 15.1 Å². The van der Waals surface area contributed by atoms with Crippen LogP contribution in [0.1, 0.15) is 33.3 Å². The van der Waals surface area contributed by atoms with Crippen LogP contribution in [0.25, 0.3) is 11.0 Å². The van der Waals surface area contributed by atoms with Gasteiger partial charge in [0.15, 0.2) is 5.43 Å². The predicted octanol–water partition coefficient (Wildman–Crippen LogP) is 4.91. The number of benzene rings is 2. The number of carbonyl (C=O) groups excluding carboxylic acids is 1. The molecule has 7 heteroatoms. The highest BCUT2D eigenvalue weighted by molar-refractivity contribution is 6.31. The second-order valence-corrected chi connectivity index (χ2v) is 7.80. The molecule has 1 unspecified atom stereocenters. The molecule has 1 aliphatic rings. The summed E-state index contributed by atoms with van der Waals surface area (Å²) >= 11 is 6.12. The molecular weight excluding hydrogens is 416 g/mol. The molecule has 1 aliphatic heterocycles. The Labute approximate surface area is 182 Å². The molecule has 5 rings (SSSR count). The summed E-state index contributed by atoms with van der Waals surface area (Å²) in [5.41, 5.74) is 1.94. The Balaban J connectivity index is 1.82. The molecule has 0 bridgehead atoms. The van der Waals surface area contributed by atoms with Gasteiger partial charge in [-0.15, -0.1) is 0 Å². The fourth-order valence-corrected chi connectivity index (χ4v) is 4.08. The van der Waals surface area contributed by atoms with Crippen LogP contribution in [0.5, 0.6) is 5.75 Å². The normalized spacial score (nSPS) is 15.4. The fourth-order valence-electron chi connectivity index (χ4n) is 3.91. The van der Waals surface area contributed by atoms with E-state index in [0.29, 0.717) is 33.1 Å². The number of aromatic nitrogens is 1. The molecule has 4 aromatic rings. The van der Waals surface area contributed by atoms with Crippen molar-refractivity contribution >= 4 is 34.3 Å². The van der Waals surface area contributed by atoms with Crippen LogP contribution in [0.4, 0.5) is 5.82 Å². The van der Waals surface area contributed by atoms with Crippen LogP contribution in [0.2, 0.25) is 5.02 Å². The Kier molecular flexibility index (Phi) is 4.52. The summed E-state index contributed by atoms with van der Waals surface area (Å²) in [6.07, 6.45) is 1.68. The Morgan fingerprint density at radius 3 is 2.68 bits per heavy atom. The molecule has 1 amide bonds. The lowest BCUT2D eigenvalue weighted by Crippen LogP contribution is -2.30. The van der Waals surface area contributed by atoms with E-state index in [2.05, 4.69) is 4.98 Å². The number of fused-ring (bicyclic) bond motifs is 2. The summed E-state index contributed by atoms with van der Waals surface area (Å²) in [5, 5.41) is 0.740. The van der Waals surface area contributed by atoms with Gasteiger partial charge in [-0.1, -0.05) is 29.8 Å². The van der Waals surface area contributed by atoms with Crippen molar-refractivity contribution in [2.24, 2.45) is 0 Å². The Bertz CT molecular complexity index is 1400. The maximum atomic E-state index is 13.5. The van der Waals surface area contributed by atoms with E-state index in [-0.39, 0.29) is 16.8 Å². The van der Waals surface area contributed by atoms with E-state index in [4.69, 9.17) is 20.8 Å². The van der Waals surface area contributed by atoms with Gasteiger partial charge in [-0.05, 0) is 54.4 Å². The van der Waals surface area contributed by atoms with Crippen LogP contribution >= 0.6 is 11.6 Å². The maximum Gasteiger partial charge on any atom is 0.296 e. The van der Waals surface area contributed by atoms with Gasteiger partial charge in [0.05, 0.1) is 24.1 Å². The average Bonchev–Trinajstić information content (AvgIpc) is 3.07. The highest BCUT2D eigenvalue weighted by Crippen LogP contribution is 2.41. The fraction of sp³-hybridized carbons (Fsp3) is 0.125. The molecule has 0 saturated heterocycles. The van der Waals surface area contributed by atoms with Gasteiger partial charge in [-0.2, -0.15) is 0 Å². The third-order valence-corrected chi connectivity index (χ3v) is 5.62. The van der Waals surface area contributed by atoms with Gasteiger partial charge in [0.25, 0.3) is 5.91 Å². The molecule has 2 aromatic heterocycles. The molecule has 1 atom stereocenters. The summed E-state index contributed by atoms with van der Waals surface area (Å²) in [6, 6.07) is 15.0. The van der Waals surface area contributed by atoms with Crippen LogP contribution in [-0.4, -0.2) is 18.0 Å². The first-order valence-electron chi connectivity index (χ1n) is 9.64. The van der Waals surface area contributed by atoms with Crippen molar-refractivity contribution in [1.29, 1.82) is 0 Å². The van der Waals surface area contributed by atoms with Gasteiger partial charge in [-0.3, -0.25) is 14.5 Å². The minimum atomic E-state index is -0.715. The Morgan fingerprint density at radius 1 is 1.10 bits per heavy atom. The molecule has 6 nitrogen and oxygen atoms in total. The molecule has 2 aromatic carbocycles. The third kappa shape index (κ3) is 3.07. The summed E-state index contributed by atoms with van der Waals surface area (Å²) in [4.78, 5) is 32.9. The number of pyridine rings is 1. The number of anilines is 1. The van der Waals surface area contributed by atoms with E-state index in [0.717, 1.165) is 5.56 Å². The van der Waals surface area contributed by atoms with E-state index in [9.17, 15) is 9.59 Å². The number of nitrogens with zero attached hydrogens (tertiary/aromatic N) is 2. The molecule has 3 heterocycles. The van der Waals surface area contributed by atoms with Crippen molar-refractivity contribution in [1.82, 2.24) is 4.98 Å². The lowest BCUT2D eigenvalue weighted by molar-refractivity contribution is 0.0970. The van der Waals surface area contributed by atoms with Crippen LogP contribution in [-0.2, 0) is 0 Å². The van der Waals surface area contributed by atoms with Gasteiger partial charge in [0.1, 0.15) is 17.2 Å². The second kappa shape index (κ2) is 7.25. The van der Waals surface area contributed by atoms with E-state index < -0.39 is 11.9 Å². The number of rotatable bonds is 3. The Hall–Kier alpha value is -3.64. The van der Waals surface area contributed by atoms with Crippen molar-refractivity contribution in [3.8, 4) is 5.75 Å². The number of amides is 1. The number of hydrogen-bond acceptors (Lipinski definition) is 5. The van der Waals surface area contributed by atoms with Crippen molar-refractivity contribution in [3.05, 3.63) is 98.5 Å². The molecule has 0 saturated carbocycles. The van der Waals surface area contributed by atoms with E-state index in [1.165, 1.54) is 4.90 Å². The minimum absolute atomic E-state index is 0.00928. The van der Waals surface area contributed by atoms with Gasteiger partial charge >= 0.3 is 0 Å². The van der Waals surface area contributed by atoms with Crippen molar-refractivity contribution < 1.29 is 13.9 Å². The zero-order valence-corrected chi connectivity index (χ0v) is 17.5. The molecular formula is C24H17ClN2O4. The number of methoxy groups -OCH3 is 1. The number of aryl methyl sites for hydroxylation is 1. The molecule has 0 aliphatic carbocycles. The average molecular weight is 433 g/mol. The largest absolute Gasteiger partial charge is 0.497 e. The van der Waals surface area contributed by atoms with Gasteiger partial charge < -0.3 is 9.15 Å². The van der Waals surface area contributed by atoms with Gasteiger partial charge in [0, 0.05) is 11.2 Å².